The second kappa shape index (κ2) is 8.05. The van der Waals surface area contributed by atoms with E-state index in [1.807, 2.05) is 35.1 Å². The average molecular weight is 306 g/mol. The molecule has 0 saturated heterocycles. The highest BCUT2D eigenvalue weighted by molar-refractivity contribution is 7.97. The van der Waals surface area contributed by atoms with Crippen LogP contribution < -0.4 is 11.1 Å². The van der Waals surface area contributed by atoms with Gasteiger partial charge in [-0.15, -0.1) is 0 Å². The van der Waals surface area contributed by atoms with Crippen molar-refractivity contribution in [2.45, 2.75) is 25.1 Å². The van der Waals surface area contributed by atoms with Crippen LogP contribution in [0.15, 0.2) is 24.3 Å². The summed E-state index contributed by atoms with van der Waals surface area (Å²) in [6.45, 7) is 1.67. The zero-order chi connectivity index (χ0) is 15.1. The summed E-state index contributed by atoms with van der Waals surface area (Å²) in [4.78, 5) is 16.7. The maximum absolute atomic E-state index is 12.1. The first-order chi connectivity index (χ1) is 10.3. The number of thioether (sulfide) groups is 1. The summed E-state index contributed by atoms with van der Waals surface area (Å²) >= 11 is 1.71. The van der Waals surface area contributed by atoms with Gasteiger partial charge in [-0.25, -0.2) is 4.98 Å². The van der Waals surface area contributed by atoms with Gasteiger partial charge in [-0.3, -0.25) is 4.79 Å². The largest absolute Gasteiger partial charge is 0.355 e. The summed E-state index contributed by atoms with van der Waals surface area (Å²) in [5.41, 5.74) is 7.40. The van der Waals surface area contributed by atoms with Gasteiger partial charge in [-0.05, 0) is 37.8 Å². The standard InChI is InChI=1S/C15H22N4OS/c1-21-11-14-18-12-6-2-3-7-13(12)19(14)10-15(20)17-9-5-4-8-16/h2-3,6-7H,4-5,8-11,16H2,1H3,(H,17,20). The third-order valence-corrected chi connectivity index (χ3v) is 3.81. The molecule has 21 heavy (non-hydrogen) atoms. The Kier molecular flexibility index (Phi) is 6.07. The van der Waals surface area contributed by atoms with Crippen molar-refractivity contribution in [2.75, 3.05) is 19.3 Å². The van der Waals surface area contributed by atoms with Crippen molar-refractivity contribution < 1.29 is 4.79 Å². The third-order valence-electron chi connectivity index (χ3n) is 3.26. The summed E-state index contributed by atoms with van der Waals surface area (Å²) < 4.78 is 2.00. The third kappa shape index (κ3) is 4.22. The molecule has 1 heterocycles. The normalized spacial score (nSPS) is 11.0. The number of hydrogen-bond donors (Lipinski definition) is 2. The van der Waals surface area contributed by atoms with Crippen LogP contribution in [0, 0.1) is 0 Å². The predicted octanol–water partition coefficient (Wildman–Crippen LogP) is 1.75. The zero-order valence-electron chi connectivity index (χ0n) is 12.3. The number of amides is 1. The molecule has 0 atom stereocenters. The molecule has 1 aromatic carbocycles. The van der Waals surface area contributed by atoms with E-state index in [1.165, 1.54) is 0 Å². The summed E-state index contributed by atoms with van der Waals surface area (Å²) in [5.74, 6) is 1.77. The molecule has 1 aromatic heterocycles. The number of carbonyl (C=O) groups is 1. The molecule has 0 bridgehead atoms. The highest BCUT2D eigenvalue weighted by Crippen LogP contribution is 2.18. The van der Waals surface area contributed by atoms with Gasteiger partial charge in [0.05, 0.1) is 16.8 Å². The lowest BCUT2D eigenvalue weighted by Crippen LogP contribution is -2.29. The Morgan fingerprint density at radius 1 is 1.38 bits per heavy atom. The molecule has 0 spiro atoms. The highest BCUT2D eigenvalue weighted by Gasteiger charge is 2.12. The SMILES string of the molecule is CSCc1nc2ccccc2n1CC(=O)NCCCCN. The number of nitrogens with two attached hydrogens (primary N) is 1. The van der Waals surface area contributed by atoms with E-state index in [2.05, 4.69) is 10.3 Å². The van der Waals surface area contributed by atoms with E-state index in [-0.39, 0.29) is 5.91 Å². The van der Waals surface area contributed by atoms with Crippen LogP contribution in [-0.2, 0) is 17.1 Å². The van der Waals surface area contributed by atoms with Gasteiger partial charge in [-0.1, -0.05) is 12.1 Å². The van der Waals surface area contributed by atoms with Crippen molar-refractivity contribution in [1.29, 1.82) is 0 Å². The molecule has 6 heteroatoms. The van der Waals surface area contributed by atoms with E-state index in [9.17, 15) is 4.79 Å². The number of imidazole rings is 1. The number of nitrogens with one attached hydrogen (secondary N) is 1. The number of unbranched alkanes of at least 4 members (excludes halogenated alkanes) is 1. The molecule has 0 unspecified atom stereocenters. The lowest BCUT2D eigenvalue weighted by molar-refractivity contribution is -0.121. The first kappa shape index (κ1) is 15.9. The molecule has 0 aliphatic rings. The Bertz CT molecular complexity index is 596. The topological polar surface area (TPSA) is 72.9 Å². The summed E-state index contributed by atoms with van der Waals surface area (Å²) in [6.07, 6.45) is 3.90. The van der Waals surface area contributed by atoms with E-state index in [0.29, 0.717) is 19.6 Å². The average Bonchev–Trinajstić information content (AvgIpc) is 2.82. The van der Waals surface area contributed by atoms with Gasteiger partial charge in [0.25, 0.3) is 0 Å². The number of benzene rings is 1. The molecule has 0 fully saturated rings. The summed E-state index contributed by atoms with van der Waals surface area (Å²) in [6, 6.07) is 7.93. The number of aromatic nitrogens is 2. The number of para-hydroxylation sites is 2. The molecule has 0 aliphatic carbocycles. The molecular formula is C15H22N4OS. The van der Waals surface area contributed by atoms with E-state index < -0.39 is 0 Å². The second-order valence-corrected chi connectivity index (χ2v) is 5.75. The number of fused-ring (bicyclic) bond motifs is 1. The maximum Gasteiger partial charge on any atom is 0.240 e. The van der Waals surface area contributed by atoms with Gasteiger partial charge >= 0.3 is 0 Å². The molecule has 0 aliphatic heterocycles. The number of carbonyl (C=O) groups excluding carboxylic acids is 1. The second-order valence-electron chi connectivity index (χ2n) is 4.88. The Morgan fingerprint density at radius 3 is 2.95 bits per heavy atom. The van der Waals surface area contributed by atoms with E-state index in [1.54, 1.807) is 11.8 Å². The first-order valence-corrected chi connectivity index (χ1v) is 8.55. The smallest absolute Gasteiger partial charge is 0.240 e. The van der Waals surface area contributed by atoms with Gasteiger partial charge in [0.15, 0.2) is 0 Å². The monoisotopic (exact) mass is 306 g/mol. The van der Waals surface area contributed by atoms with Crippen LogP contribution in [0.4, 0.5) is 0 Å². The predicted molar refractivity (Wildman–Crippen MR) is 88.3 cm³/mol. The van der Waals surface area contributed by atoms with Crippen molar-refractivity contribution in [1.82, 2.24) is 14.9 Å². The van der Waals surface area contributed by atoms with Crippen LogP contribution in [-0.4, -0.2) is 34.8 Å². The fourth-order valence-electron chi connectivity index (χ4n) is 2.24. The van der Waals surface area contributed by atoms with Crippen LogP contribution in [0.5, 0.6) is 0 Å². The Balaban J connectivity index is 2.08. The maximum atomic E-state index is 12.1. The highest BCUT2D eigenvalue weighted by atomic mass is 32.2. The number of hydrogen-bond acceptors (Lipinski definition) is 4. The number of rotatable bonds is 8. The molecule has 2 rings (SSSR count). The zero-order valence-corrected chi connectivity index (χ0v) is 13.2. The fourth-order valence-corrected chi connectivity index (χ4v) is 2.72. The first-order valence-electron chi connectivity index (χ1n) is 7.16. The van der Waals surface area contributed by atoms with Crippen molar-refractivity contribution in [3.8, 4) is 0 Å². The molecule has 2 aromatic rings. The van der Waals surface area contributed by atoms with Crippen LogP contribution in [0.2, 0.25) is 0 Å². The Hall–Kier alpha value is -1.53. The minimum Gasteiger partial charge on any atom is -0.355 e. The lowest BCUT2D eigenvalue weighted by Gasteiger charge is -2.09. The van der Waals surface area contributed by atoms with Crippen LogP contribution in [0.1, 0.15) is 18.7 Å². The Labute approximate surface area is 129 Å². The van der Waals surface area contributed by atoms with Gasteiger partial charge in [-0.2, -0.15) is 11.8 Å². The van der Waals surface area contributed by atoms with Gasteiger partial charge in [0, 0.05) is 6.54 Å². The van der Waals surface area contributed by atoms with Crippen LogP contribution >= 0.6 is 11.8 Å². The van der Waals surface area contributed by atoms with E-state index >= 15 is 0 Å². The lowest BCUT2D eigenvalue weighted by atomic mass is 10.3. The number of nitrogens with zero attached hydrogens (tertiary/aromatic N) is 2. The van der Waals surface area contributed by atoms with Crippen molar-refractivity contribution in [2.24, 2.45) is 5.73 Å². The minimum absolute atomic E-state index is 0.0255. The summed E-state index contributed by atoms with van der Waals surface area (Å²) in [7, 11) is 0. The van der Waals surface area contributed by atoms with Gasteiger partial charge in [0.1, 0.15) is 12.4 Å². The quantitative estimate of drug-likeness (QED) is 0.729. The van der Waals surface area contributed by atoms with Crippen molar-refractivity contribution >= 4 is 28.7 Å². The molecule has 5 nitrogen and oxygen atoms in total. The molecule has 1 amide bonds. The molecule has 0 saturated carbocycles. The fraction of sp³-hybridized carbons (Fsp3) is 0.467. The van der Waals surface area contributed by atoms with Crippen molar-refractivity contribution in [3.63, 3.8) is 0 Å². The van der Waals surface area contributed by atoms with Gasteiger partial charge < -0.3 is 15.6 Å². The van der Waals surface area contributed by atoms with Crippen LogP contribution in [0.3, 0.4) is 0 Å². The molecule has 0 radical (unpaired) electrons. The molecule has 114 valence electrons. The van der Waals surface area contributed by atoms with Crippen LogP contribution in [0.25, 0.3) is 11.0 Å². The summed E-state index contributed by atoms with van der Waals surface area (Å²) in [5, 5.41) is 2.94. The van der Waals surface area contributed by atoms with E-state index in [0.717, 1.165) is 35.5 Å². The van der Waals surface area contributed by atoms with E-state index in [4.69, 9.17) is 5.73 Å². The minimum atomic E-state index is 0.0255. The van der Waals surface area contributed by atoms with Gasteiger partial charge in [0.2, 0.25) is 5.91 Å². The Morgan fingerprint density at radius 2 is 2.19 bits per heavy atom. The van der Waals surface area contributed by atoms with Crippen molar-refractivity contribution in [3.05, 3.63) is 30.1 Å². The molecular weight excluding hydrogens is 284 g/mol. The molecule has 3 N–H and O–H groups in total.